The summed E-state index contributed by atoms with van der Waals surface area (Å²) in [4.78, 5) is 14.4. The molecule has 0 radical (unpaired) electrons. The van der Waals surface area contributed by atoms with E-state index >= 15 is 0 Å². The Morgan fingerprint density at radius 1 is 1.29 bits per heavy atom. The van der Waals surface area contributed by atoms with Gasteiger partial charge in [-0.2, -0.15) is 0 Å². The van der Waals surface area contributed by atoms with Gasteiger partial charge in [0.2, 0.25) is 0 Å². The van der Waals surface area contributed by atoms with E-state index < -0.39 is 11.4 Å². The summed E-state index contributed by atoms with van der Waals surface area (Å²) < 4.78 is 18.8. The average Bonchev–Trinajstić information content (AvgIpc) is 2.73. The molecule has 2 bridgehead atoms. The van der Waals surface area contributed by atoms with Crippen LogP contribution in [-0.4, -0.2) is 34.7 Å². The highest BCUT2D eigenvalue weighted by Crippen LogP contribution is 2.38. The second-order valence-electron chi connectivity index (χ2n) is 7.71. The van der Waals surface area contributed by atoms with Gasteiger partial charge in [0.15, 0.2) is 0 Å². The molecule has 2 fully saturated rings. The molecule has 132 valence electrons. The second-order valence-corrected chi connectivity index (χ2v) is 8.12. The molecular formula is C18H24ClFN2O2. The van der Waals surface area contributed by atoms with E-state index in [1.54, 1.807) is 12.1 Å². The summed E-state index contributed by atoms with van der Waals surface area (Å²) in [5.41, 5.74) is 0.341. The van der Waals surface area contributed by atoms with Crippen LogP contribution < -0.4 is 5.32 Å². The number of nitrogens with one attached hydrogen (secondary N) is 1. The van der Waals surface area contributed by atoms with E-state index in [2.05, 4.69) is 5.32 Å². The number of anilines is 1. The maximum absolute atomic E-state index is 13.3. The van der Waals surface area contributed by atoms with E-state index in [1.165, 1.54) is 6.07 Å². The predicted molar refractivity (Wildman–Crippen MR) is 92.9 cm³/mol. The van der Waals surface area contributed by atoms with Gasteiger partial charge in [0.1, 0.15) is 11.4 Å². The first kappa shape index (κ1) is 17.3. The third-order valence-electron chi connectivity index (χ3n) is 4.63. The number of hydrogen-bond acceptors (Lipinski definition) is 3. The molecule has 4 nitrogen and oxygen atoms in total. The number of ether oxygens (including phenoxy) is 1. The van der Waals surface area contributed by atoms with E-state index in [9.17, 15) is 9.18 Å². The fourth-order valence-corrected chi connectivity index (χ4v) is 3.91. The Kier molecular flexibility index (Phi) is 4.65. The van der Waals surface area contributed by atoms with Crippen molar-refractivity contribution in [3.63, 3.8) is 0 Å². The van der Waals surface area contributed by atoms with Gasteiger partial charge in [-0.1, -0.05) is 11.6 Å². The van der Waals surface area contributed by atoms with Crippen LogP contribution in [0, 0.1) is 5.82 Å². The van der Waals surface area contributed by atoms with Crippen LogP contribution in [0.3, 0.4) is 0 Å². The van der Waals surface area contributed by atoms with Gasteiger partial charge < -0.3 is 15.0 Å². The highest BCUT2D eigenvalue weighted by molar-refractivity contribution is 6.31. The Morgan fingerprint density at radius 2 is 1.92 bits per heavy atom. The van der Waals surface area contributed by atoms with Crippen molar-refractivity contribution < 1.29 is 13.9 Å². The summed E-state index contributed by atoms with van der Waals surface area (Å²) in [6.45, 7) is 5.66. The highest BCUT2D eigenvalue weighted by Gasteiger charge is 2.44. The van der Waals surface area contributed by atoms with Crippen LogP contribution in [0.25, 0.3) is 0 Å². The summed E-state index contributed by atoms with van der Waals surface area (Å²) in [6, 6.07) is 5.33. The van der Waals surface area contributed by atoms with Crippen molar-refractivity contribution in [3.05, 3.63) is 29.0 Å². The molecule has 2 aliphatic rings. The molecule has 1 amide bonds. The predicted octanol–water partition coefficient (Wildman–Crippen LogP) is 4.82. The van der Waals surface area contributed by atoms with Crippen LogP contribution in [0.4, 0.5) is 14.9 Å². The van der Waals surface area contributed by atoms with Crippen LogP contribution in [0.1, 0.15) is 46.5 Å². The molecule has 0 spiro atoms. The van der Waals surface area contributed by atoms with Crippen LogP contribution in [-0.2, 0) is 4.74 Å². The smallest absolute Gasteiger partial charge is 0.410 e. The van der Waals surface area contributed by atoms with Crippen molar-refractivity contribution in [2.24, 2.45) is 0 Å². The number of carbonyl (C=O) groups excluding carboxylic acids is 1. The van der Waals surface area contributed by atoms with Crippen LogP contribution in [0.5, 0.6) is 0 Å². The fourth-order valence-electron chi connectivity index (χ4n) is 3.73. The van der Waals surface area contributed by atoms with Crippen molar-refractivity contribution in [1.82, 2.24) is 4.90 Å². The van der Waals surface area contributed by atoms with E-state index in [4.69, 9.17) is 16.3 Å². The number of piperidine rings is 1. The van der Waals surface area contributed by atoms with E-state index in [-0.39, 0.29) is 29.2 Å². The molecule has 0 aromatic heterocycles. The van der Waals surface area contributed by atoms with Crippen molar-refractivity contribution in [3.8, 4) is 0 Å². The van der Waals surface area contributed by atoms with Crippen molar-refractivity contribution in [2.45, 2.75) is 70.2 Å². The molecule has 2 saturated heterocycles. The number of nitrogens with zero attached hydrogens (tertiary/aromatic N) is 1. The minimum Gasteiger partial charge on any atom is -0.444 e. The first-order valence-corrected chi connectivity index (χ1v) is 8.83. The van der Waals surface area contributed by atoms with Crippen LogP contribution in [0.15, 0.2) is 18.2 Å². The molecule has 2 aliphatic heterocycles. The standard InChI is InChI=1S/C18H24ClFN2O2/c1-18(2,3)24-17(23)22-13-5-6-14(22)9-12(8-13)21-11-4-7-16(20)15(19)10-11/h4,7,10,12-14,21H,5-6,8-9H2,1-3H3. The number of rotatable bonds is 2. The monoisotopic (exact) mass is 354 g/mol. The van der Waals surface area contributed by atoms with Crippen molar-refractivity contribution >= 4 is 23.4 Å². The molecule has 2 unspecified atom stereocenters. The largest absolute Gasteiger partial charge is 0.444 e. The van der Waals surface area contributed by atoms with Gasteiger partial charge in [0.05, 0.1) is 5.02 Å². The number of fused-ring (bicyclic) bond motifs is 2. The van der Waals surface area contributed by atoms with E-state index in [1.807, 2.05) is 25.7 Å². The summed E-state index contributed by atoms with van der Waals surface area (Å²) in [5, 5.41) is 3.55. The minimum atomic E-state index is -0.476. The second kappa shape index (κ2) is 6.43. The molecule has 1 aromatic rings. The van der Waals surface area contributed by atoms with E-state index in [0.29, 0.717) is 0 Å². The first-order valence-electron chi connectivity index (χ1n) is 8.46. The molecule has 6 heteroatoms. The summed E-state index contributed by atoms with van der Waals surface area (Å²) >= 11 is 5.84. The number of amides is 1. The fraction of sp³-hybridized carbons (Fsp3) is 0.611. The molecule has 1 N–H and O–H groups in total. The van der Waals surface area contributed by atoms with Crippen LogP contribution >= 0.6 is 11.6 Å². The highest BCUT2D eigenvalue weighted by atomic mass is 35.5. The number of hydrogen-bond donors (Lipinski definition) is 1. The Balaban J connectivity index is 1.64. The number of carbonyl (C=O) groups is 1. The van der Waals surface area contributed by atoms with Gasteiger partial charge >= 0.3 is 6.09 Å². The lowest BCUT2D eigenvalue weighted by atomic mass is 9.97. The maximum Gasteiger partial charge on any atom is 0.410 e. The van der Waals surface area contributed by atoms with Crippen LogP contribution in [0.2, 0.25) is 5.02 Å². The number of benzene rings is 1. The van der Waals surface area contributed by atoms with Gasteiger partial charge in [0, 0.05) is 23.8 Å². The zero-order valence-corrected chi connectivity index (χ0v) is 15.1. The molecule has 2 atom stereocenters. The molecule has 2 heterocycles. The summed E-state index contributed by atoms with van der Waals surface area (Å²) in [6.07, 6.45) is 3.53. The summed E-state index contributed by atoms with van der Waals surface area (Å²) in [7, 11) is 0. The molecule has 24 heavy (non-hydrogen) atoms. The zero-order chi connectivity index (χ0) is 17.5. The topological polar surface area (TPSA) is 41.6 Å². The normalized spacial score (nSPS) is 26.4. The third-order valence-corrected chi connectivity index (χ3v) is 4.92. The Labute approximate surface area is 147 Å². The molecule has 3 rings (SSSR count). The quantitative estimate of drug-likeness (QED) is 0.827. The lowest BCUT2D eigenvalue weighted by molar-refractivity contribution is 0.00684. The number of halogens is 2. The summed E-state index contributed by atoms with van der Waals surface area (Å²) in [5.74, 6) is -0.415. The lowest BCUT2D eigenvalue weighted by Crippen LogP contribution is -2.51. The van der Waals surface area contributed by atoms with Gasteiger partial charge in [-0.05, 0) is 64.7 Å². The molecule has 0 saturated carbocycles. The van der Waals surface area contributed by atoms with Gasteiger partial charge in [-0.15, -0.1) is 0 Å². The van der Waals surface area contributed by atoms with Gasteiger partial charge in [-0.25, -0.2) is 9.18 Å². The third kappa shape index (κ3) is 3.77. The van der Waals surface area contributed by atoms with Gasteiger partial charge in [-0.3, -0.25) is 0 Å². The molecule has 1 aromatic carbocycles. The lowest BCUT2D eigenvalue weighted by Gasteiger charge is -2.40. The zero-order valence-electron chi connectivity index (χ0n) is 14.3. The Hall–Kier alpha value is -1.49. The Bertz CT molecular complexity index is 618. The molecular weight excluding hydrogens is 331 g/mol. The first-order chi connectivity index (χ1) is 11.2. The SMILES string of the molecule is CC(C)(C)OC(=O)N1C2CCC1CC(Nc1ccc(F)c(Cl)c1)C2. The Morgan fingerprint density at radius 3 is 2.46 bits per heavy atom. The van der Waals surface area contributed by atoms with Gasteiger partial charge in [0.25, 0.3) is 0 Å². The van der Waals surface area contributed by atoms with Crippen molar-refractivity contribution in [2.75, 3.05) is 5.32 Å². The van der Waals surface area contributed by atoms with Crippen molar-refractivity contribution in [1.29, 1.82) is 0 Å². The minimum absolute atomic E-state index is 0.120. The molecule has 0 aliphatic carbocycles. The average molecular weight is 355 g/mol. The maximum atomic E-state index is 13.3. The van der Waals surface area contributed by atoms with E-state index in [0.717, 1.165) is 31.4 Å².